The topological polar surface area (TPSA) is 105 Å². The number of hydrogen-bond donors (Lipinski definition) is 2. The van der Waals surface area contributed by atoms with Gasteiger partial charge in [0.25, 0.3) is 5.91 Å². The van der Waals surface area contributed by atoms with E-state index in [1.807, 2.05) is 49.4 Å². The van der Waals surface area contributed by atoms with Gasteiger partial charge < -0.3 is 20.2 Å². The zero-order chi connectivity index (χ0) is 23.6. The summed E-state index contributed by atoms with van der Waals surface area (Å²) in [7, 11) is 1.94. The van der Waals surface area contributed by atoms with Crippen LogP contribution in [0.2, 0.25) is 0 Å². The molecule has 3 rings (SSSR count). The third-order valence-corrected chi connectivity index (χ3v) is 4.67. The highest BCUT2D eigenvalue weighted by molar-refractivity contribution is 6.16. The molecule has 0 saturated carbocycles. The fourth-order valence-corrected chi connectivity index (χ4v) is 2.98. The molecule has 1 aliphatic heterocycles. The second-order valence-electron chi connectivity index (χ2n) is 7.26. The molecule has 1 atom stereocenters. The van der Waals surface area contributed by atoms with E-state index >= 15 is 0 Å². The molecular formula is C24H27N5O4. The Hall–Kier alpha value is -3.98. The van der Waals surface area contributed by atoms with Gasteiger partial charge in [-0.05, 0) is 55.8 Å². The molecule has 1 amide bonds. The zero-order valence-corrected chi connectivity index (χ0v) is 18.8. The first-order valence-corrected chi connectivity index (χ1v) is 10.5. The van der Waals surface area contributed by atoms with E-state index in [-0.39, 0.29) is 18.6 Å². The van der Waals surface area contributed by atoms with E-state index in [0.717, 1.165) is 17.8 Å². The zero-order valence-electron chi connectivity index (χ0n) is 18.8. The number of amides is 1. The van der Waals surface area contributed by atoms with Gasteiger partial charge in [0.1, 0.15) is 5.75 Å². The number of anilines is 1. The van der Waals surface area contributed by atoms with Crippen molar-refractivity contribution in [2.24, 2.45) is 9.98 Å². The molecule has 0 saturated heterocycles. The molecule has 9 heteroatoms. The Labute approximate surface area is 192 Å². The number of rotatable bonds is 8. The van der Waals surface area contributed by atoms with Crippen LogP contribution in [-0.4, -0.2) is 49.7 Å². The average Bonchev–Trinajstić information content (AvgIpc) is 3.22. The van der Waals surface area contributed by atoms with Crippen LogP contribution < -0.4 is 15.5 Å². The van der Waals surface area contributed by atoms with Crippen molar-refractivity contribution < 1.29 is 19.1 Å². The molecule has 0 radical (unpaired) electrons. The van der Waals surface area contributed by atoms with Crippen molar-refractivity contribution in [1.82, 2.24) is 10.4 Å². The number of carbonyl (C=O) groups excluding carboxylic acids is 2. The van der Waals surface area contributed by atoms with Crippen molar-refractivity contribution in [2.45, 2.75) is 19.9 Å². The Morgan fingerprint density at radius 2 is 2.00 bits per heavy atom. The minimum absolute atomic E-state index is 0.106. The lowest BCUT2D eigenvalue weighted by Gasteiger charge is -2.10. The van der Waals surface area contributed by atoms with Gasteiger partial charge in [0.15, 0.2) is 0 Å². The van der Waals surface area contributed by atoms with E-state index in [9.17, 15) is 9.59 Å². The van der Waals surface area contributed by atoms with Crippen molar-refractivity contribution >= 4 is 30.2 Å². The lowest BCUT2D eigenvalue weighted by molar-refractivity contribution is 0.102. The summed E-state index contributed by atoms with van der Waals surface area (Å²) in [5.74, 6) is 0.0243. The predicted molar refractivity (Wildman–Crippen MR) is 128 cm³/mol. The van der Waals surface area contributed by atoms with E-state index in [2.05, 4.69) is 20.7 Å². The van der Waals surface area contributed by atoms with Gasteiger partial charge in [-0.2, -0.15) is 0 Å². The largest absolute Gasteiger partial charge is 0.513 e. The molecule has 9 nitrogen and oxygen atoms in total. The molecule has 0 spiro atoms. The van der Waals surface area contributed by atoms with Crippen LogP contribution in [0.15, 0.2) is 70.4 Å². The smallest absolute Gasteiger partial charge is 0.434 e. The lowest BCUT2D eigenvalue weighted by Crippen LogP contribution is -2.24. The van der Waals surface area contributed by atoms with Crippen molar-refractivity contribution in [3.8, 4) is 5.75 Å². The quantitative estimate of drug-likeness (QED) is 0.359. The molecular weight excluding hydrogens is 422 g/mol. The first kappa shape index (κ1) is 23.7. The van der Waals surface area contributed by atoms with Crippen LogP contribution in [0.5, 0.6) is 5.75 Å². The Morgan fingerprint density at radius 1 is 1.21 bits per heavy atom. The summed E-state index contributed by atoms with van der Waals surface area (Å²) < 4.78 is 9.73. The number of aliphatic imine (C=N–C) groups is 2. The van der Waals surface area contributed by atoms with Gasteiger partial charge in [-0.3, -0.25) is 14.8 Å². The van der Waals surface area contributed by atoms with Gasteiger partial charge in [0, 0.05) is 36.9 Å². The number of ether oxygens (including phenoxy) is 2. The number of hydrogen-bond acceptors (Lipinski definition) is 8. The number of likely N-dealkylation sites (N-methyl/N-ethyl adjacent to an activating group) is 1. The average molecular weight is 450 g/mol. The third kappa shape index (κ3) is 7.29. The molecule has 1 unspecified atom stereocenters. The minimum atomic E-state index is -0.783. The first-order chi connectivity index (χ1) is 15.9. The summed E-state index contributed by atoms with van der Waals surface area (Å²) in [6.07, 6.45) is 4.41. The maximum Gasteiger partial charge on any atom is 0.513 e. The van der Waals surface area contributed by atoms with Gasteiger partial charge in [-0.1, -0.05) is 12.1 Å². The Morgan fingerprint density at radius 3 is 2.70 bits per heavy atom. The molecule has 2 aromatic carbocycles. The number of hydrazine groups is 1. The van der Waals surface area contributed by atoms with Crippen LogP contribution in [0.4, 0.5) is 10.5 Å². The third-order valence-electron chi connectivity index (χ3n) is 4.67. The first-order valence-electron chi connectivity index (χ1n) is 10.5. The number of carbonyl (C=O) groups is 2. The molecule has 0 bridgehead atoms. The highest BCUT2D eigenvalue weighted by Gasteiger charge is 2.10. The minimum Gasteiger partial charge on any atom is -0.434 e. The Kier molecular flexibility index (Phi) is 8.31. The maximum absolute atomic E-state index is 12.6. The van der Waals surface area contributed by atoms with Gasteiger partial charge in [0.2, 0.25) is 0 Å². The van der Waals surface area contributed by atoms with E-state index in [0.29, 0.717) is 17.0 Å². The summed E-state index contributed by atoms with van der Waals surface area (Å²) in [4.78, 5) is 32.8. The van der Waals surface area contributed by atoms with Crippen molar-refractivity contribution in [3.63, 3.8) is 0 Å². The predicted octanol–water partition coefficient (Wildman–Crippen LogP) is 3.97. The fraction of sp³-hybridized carbons (Fsp3) is 0.250. The summed E-state index contributed by atoms with van der Waals surface area (Å²) in [5.41, 5.74) is 6.02. The highest BCUT2D eigenvalue weighted by atomic mass is 16.7. The summed E-state index contributed by atoms with van der Waals surface area (Å²) in [6, 6.07) is 13.6. The molecule has 0 aliphatic carbocycles. The van der Waals surface area contributed by atoms with E-state index in [1.54, 1.807) is 31.5 Å². The van der Waals surface area contributed by atoms with Crippen LogP contribution in [-0.2, 0) is 4.74 Å². The van der Waals surface area contributed by atoms with Crippen LogP contribution >= 0.6 is 0 Å². The van der Waals surface area contributed by atoms with Crippen molar-refractivity contribution in [2.75, 3.05) is 25.5 Å². The van der Waals surface area contributed by atoms with Crippen LogP contribution in [0, 0.1) is 0 Å². The van der Waals surface area contributed by atoms with E-state index < -0.39 is 6.16 Å². The SMILES string of the molecule is CCOC(=O)Oc1ccc(C(=O)Nc2cccc(C(C)N=CC=NC3=CNN(C)C3)c2)cc1. The van der Waals surface area contributed by atoms with Gasteiger partial charge >= 0.3 is 6.16 Å². The standard InChI is InChI=1S/C24H27N5O4/c1-4-32-24(31)33-22-10-8-18(9-11-22)23(30)28-20-7-5-6-19(14-20)17(2)25-12-13-26-21-15-27-29(3)16-21/h5-15,17,27H,4,16H2,1-3H3,(H,28,30). The van der Waals surface area contributed by atoms with Crippen LogP contribution in [0.25, 0.3) is 0 Å². The Balaban J connectivity index is 1.56. The number of nitrogens with one attached hydrogen (secondary N) is 2. The number of benzene rings is 2. The second-order valence-corrected chi connectivity index (χ2v) is 7.26. The molecule has 1 heterocycles. The molecule has 1 aliphatic rings. The molecule has 2 N–H and O–H groups in total. The molecule has 0 aromatic heterocycles. The normalized spacial score (nSPS) is 14.7. The van der Waals surface area contributed by atoms with Gasteiger partial charge in [0.05, 0.1) is 24.9 Å². The highest BCUT2D eigenvalue weighted by Crippen LogP contribution is 2.21. The monoisotopic (exact) mass is 449 g/mol. The molecule has 0 fully saturated rings. The molecule has 172 valence electrons. The second kappa shape index (κ2) is 11.6. The van der Waals surface area contributed by atoms with Crippen LogP contribution in [0.3, 0.4) is 0 Å². The van der Waals surface area contributed by atoms with Crippen LogP contribution in [0.1, 0.15) is 35.8 Å². The molecule has 2 aromatic rings. The van der Waals surface area contributed by atoms with Gasteiger partial charge in [-0.15, -0.1) is 0 Å². The molecule has 33 heavy (non-hydrogen) atoms. The summed E-state index contributed by atoms with van der Waals surface area (Å²) in [6.45, 7) is 4.63. The van der Waals surface area contributed by atoms with E-state index in [4.69, 9.17) is 9.47 Å². The van der Waals surface area contributed by atoms with E-state index in [1.165, 1.54) is 12.1 Å². The Bertz CT molecular complexity index is 1060. The number of nitrogens with zero attached hydrogens (tertiary/aromatic N) is 3. The van der Waals surface area contributed by atoms with Crippen molar-refractivity contribution in [1.29, 1.82) is 0 Å². The summed E-state index contributed by atoms with van der Waals surface area (Å²) in [5, 5.41) is 4.80. The van der Waals surface area contributed by atoms with Gasteiger partial charge in [-0.25, -0.2) is 9.80 Å². The maximum atomic E-state index is 12.6. The van der Waals surface area contributed by atoms with Crippen molar-refractivity contribution in [3.05, 3.63) is 71.6 Å². The summed E-state index contributed by atoms with van der Waals surface area (Å²) >= 11 is 0. The fourth-order valence-electron chi connectivity index (χ4n) is 2.98. The lowest BCUT2D eigenvalue weighted by atomic mass is 10.1.